The number of para-hydroxylation sites is 1. The lowest BCUT2D eigenvalue weighted by molar-refractivity contribution is -0.137. The number of anilines is 1. The molecule has 0 aliphatic carbocycles. The van der Waals surface area contributed by atoms with E-state index in [2.05, 4.69) is 4.90 Å². The van der Waals surface area contributed by atoms with Gasteiger partial charge in [-0.3, -0.25) is 4.90 Å². The van der Waals surface area contributed by atoms with Crippen LogP contribution in [0.5, 0.6) is 5.75 Å². The molecule has 1 saturated heterocycles. The van der Waals surface area contributed by atoms with E-state index in [1.807, 2.05) is 29.2 Å². The predicted octanol–water partition coefficient (Wildman–Crippen LogP) is 3.41. The van der Waals surface area contributed by atoms with Crippen molar-refractivity contribution < 1.29 is 27.8 Å². The number of piperazine rings is 1. The number of rotatable bonds is 8. The number of aliphatic hydroxyl groups excluding tert-OH is 1. The lowest BCUT2D eigenvalue weighted by Gasteiger charge is -2.37. The van der Waals surface area contributed by atoms with Crippen LogP contribution in [0.4, 0.5) is 18.9 Å². The molecule has 3 rings (SSSR count). The van der Waals surface area contributed by atoms with Crippen LogP contribution in [-0.2, 0) is 17.5 Å². The lowest BCUT2D eigenvalue weighted by Crippen LogP contribution is -2.49. The van der Waals surface area contributed by atoms with Crippen molar-refractivity contribution in [3.63, 3.8) is 0 Å². The second-order valence-electron chi connectivity index (χ2n) is 7.32. The van der Waals surface area contributed by atoms with E-state index < -0.39 is 17.8 Å². The molecule has 164 valence electrons. The van der Waals surface area contributed by atoms with Gasteiger partial charge in [-0.05, 0) is 24.3 Å². The van der Waals surface area contributed by atoms with Gasteiger partial charge in [0.1, 0.15) is 5.75 Å². The first kappa shape index (κ1) is 22.4. The van der Waals surface area contributed by atoms with Crippen LogP contribution < -0.4 is 9.64 Å². The molecule has 2 aromatic rings. The van der Waals surface area contributed by atoms with E-state index >= 15 is 0 Å². The summed E-state index contributed by atoms with van der Waals surface area (Å²) in [5, 5.41) is 10.3. The van der Waals surface area contributed by atoms with Gasteiger partial charge in [0.25, 0.3) is 0 Å². The minimum absolute atomic E-state index is 0.200. The molecule has 30 heavy (non-hydrogen) atoms. The van der Waals surface area contributed by atoms with Crippen molar-refractivity contribution in [3.8, 4) is 5.75 Å². The number of methoxy groups -OCH3 is 1. The van der Waals surface area contributed by atoms with Crippen LogP contribution in [0.2, 0.25) is 0 Å². The summed E-state index contributed by atoms with van der Waals surface area (Å²) < 4.78 is 49.7. The Kier molecular flexibility index (Phi) is 7.58. The summed E-state index contributed by atoms with van der Waals surface area (Å²) in [6.07, 6.45) is -4.98. The minimum Gasteiger partial charge on any atom is -0.496 e. The van der Waals surface area contributed by atoms with E-state index in [4.69, 9.17) is 9.47 Å². The normalized spacial score (nSPS) is 16.5. The van der Waals surface area contributed by atoms with Gasteiger partial charge in [0.2, 0.25) is 0 Å². The highest BCUT2D eigenvalue weighted by Gasteiger charge is 2.31. The molecule has 8 heteroatoms. The molecule has 1 atom stereocenters. The van der Waals surface area contributed by atoms with Crippen molar-refractivity contribution in [1.82, 2.24) is 4.90 Å². The molecule has 1 aliphatic rings. The second kappa shape index (κ2) is 10.1. The molecule has 1 N–H and O–H groups in total. The third kappa shape index (κ3) is 6.10. The van der Waals surface area contributed by atoms with Crippen LogP contribution in [0.1, 0.15) is 11.1 Å². The van der Waals surface area contributed by atoms with Gasteiger partial charge in [0, 0.05) is 44.0 Å². The number of ether oxygens (including phenoxy) is 2. The largest absolute Gasteiger partial charge is 0.496 e. The molecule has 1 unspecified atom stereocenters. The SMILES string of the molecule is COc1ccccc1COCC(O)CN1CCN(c2cccc(C(F)(F)F)c2)CC1. The zero-order chi connectivity index (χ0) is 21.6. The fourth-order valence-electron chi connectivity index (χ4n) is 3.55. The molecule has 0 bridgehead atoms. The average Bonchev–Trinajstić information content (AvgIpc) is 2.74. The predicted molar refractivity (Wildman–Crippen MR) is 109 cm³/mol. The van der Waals surface area contributed by atoms with Gasteiger partial charge in [0.15, 0.2) is 0 Å². The molecule has 1 heterocycles. The lowest BCUT2D eigenvalue weighted by atomic mass is 10.1. The molecular formula is C22H27F3N2O3. The summed E-state index contributed by atoms with van der Waals surface area (Å²) in [5.74, 6) is 0.748. The first-order valence-electron chi connectivity index (χ1n) is 9.89. The Morgan fingerprint density at radius 3 is 2.47 bits per heavy atom. The molecule has 0 radical (unpaired) electrons. The number of hydrogen-bond acceptors (Lipinski definition) is 5. The highest BCUT2D eigenvalue weighted by atomic mass is 19.4. The topological polar surface area (TPSA) is 45.2 Å². The van der Waals surface area contributed by atoms with E-state index in [1.54, 1.807) is 13.2 Å². The van der Waals surface area contributed by atoms with Crippen molar-refractivity contribution in [3.05, 3.63) is 59.7 Å². The first-order valence-corrected chi connectivity index (χ1v) is 9.89. The summed E-state index contributed by atoms with van der Waals surface area (Å²) in [6.45, 7) is 3.56. The van der Waals surface area contributed by atoms with Crippen LogP contribution in [0, 0.1) is 0 Å². The molecule has 0 spiro atoms. The number of nitrogens with zero attached hydrogens (tertiary/aromatic N) is 2. The summed E-state index contributed by atoms with van der Waals surface area (Å²) in [7, 11) is 1.60. The highest BCUT2D eigenvalue weighted by molar-refractivity contribution is 5.49. The fraction of sp³-hybridized carbons (Fsp3) is 0.455. The van der Waals surface area contributed by atoms with E-state index in [9.17, 15) is 18.3 Å². The number of aliphatic hydroxyl groups is 1. The van der Waals surface area contributed by atoms with Gasteiger partial charge in [-0.2, -0.15) is 13.2 Å². The third-order valence-corrected chi connectivity index (χ3v) is 5.14. The van der Waals surface area contributed by atoms with Gasteiger partial charge in [0.05, 0.1) is 32.0 Å². The van der Waals surface area contributed by atoms with Crippen LogP contribution in [0.15, 0.2) is 48.5 Å². The fourth-order valence-corrected chi connectivity index (χ4v) is 3.55. The van der Waals surface area contributed by atoms with Crippen molar-refractivity contribution in [2.75, 3.05) is 51.3 Å². The van der Waals surface area contributed by atoms with E-state index in [0.29, 0.717) is 45.0 Å². The van der Waals surface area contributed by atoms with Crippen molar-refractivity contribution in [2.24, 2.45) is 0 Å². The average molecular weight is 424 g/mol. The Morgan fingerprint density at radius 1 is 1.03 bits per heavy atom. The molecule has 0 aromatic heterocycles. The molecule has 1 aliphatic heterocycles. The molecule has 2 aromatic carbocycles. The summed E-state index contributed by atoms with van der Waals surface area (Å²) in [4.78, 5) is 4.04. The Morgan fingerprint density at radius 2 is 1.77 bits per heavy atom. The maximum atomic E-state index is 12.9. The van der Waals surface area contributed by atoms with E-state index in [0.717, 1.165) is 17.4 Å². The van der Waals surface area contributed by atoms with Crippen molar-refractivity contribution in [2.45, 2.75) is 18.9 Å². The van der Waals surface area contributed by atoms with Crippen LogP contribution >= 0.6 is 0 Å². The maximum Gasteiger partial charge on any atom is 0.416 e. The molecule has 0 amide bonds. The minimum atomic E-state index is -4.34. The molecule has 1 fully saturated rings. The third-order valence-electron chi connectivity index (χ3n) is 5.14. The summed E-state index contributed by atoms with van der Waals surface area (Å²) in [5.41, 5.74) is 0.858. The number of alkyl halides is 3. The Labute approximate surface area is 174 Å². The number of halogens is 3. The van der Waals surface area contributed by atoms with Gasteiger partial charge < -0.3 is 19.5 Å². The summed E-state index contributed by atoms with van der Waals surface area (Å²) in [6, 6.07) is 13.0. The molecular weight excluding hydrogens is 397 g/mol. The Balaban J connectivity index is 1.42. The molecule has 5 nitrogen and oxygen atoms in total. The van der Waals surface area contributed by atoms with Crippen LogP contribution in [0.3, 0.4) is 0 Å². The maximum absolute atomic E-state index is 12.9. The van der Waals surface area contributed by atoms with E-state index in [1.165, 1.54) is 12.1 Å². The van der Waals surface area contributed by atoms with Gasteiger partial charge >= 0.3 is 6.18 Å². The first-order chi connectivity index (χ1) is 14.4. The van der Waals surface area contributed by atoms with Gasteiger partial charge in [-0.15, -0.1) is 0 Å². The van der Waals surface area contributed by atoms with Crippen LogP contribution in [-0.4, -0.2) is 62.6 Å². The standard InChI is InChI=1S/C22H27F3N2O3/c1-29-21-8-3-2-5-17(21)15-30-16-20(28)14-26-9-11-27(12-10-26)19-7-4-6-18(13-19)22(23,24)25/h2-8,13,20,28H,9-12,14-16H2,1H3. The number of hydrogen-bond donors (Lipinski definition) is 1. The number of β-amino-alcohol motifs (C(OH)–C–C–N with tert-alkyl or cyclic N) is 1. The second-order valence-corrected chi connectivity index (χ2v) is 7.32. The number of benzene rings is 2. The van der Waals surface area contributed by atoms with Crippen molar-refractivity contribution >= 4 is 5.69 Å². The quantitative estimate of drug-likeness (QED) is 0.704. The highest BCUT2D eigenvalue weighted by Crippen LogP contribution is 2.31. The van der Waals surface area contributed by atoms with Crippen LogP contribution in [0.25, 0.3) is 0 Å². The van der Waals surface area contributed by atoms with Crippen molar-refractivity contribution in [1.29, 1.82) is 0 Å². The molecule has 0 saturated carbocycles. The summed E-state index contributed by atoms with van der Waals surface area (Å²) >= 11 is 0. The zero-order valence-corrected chi connectivity index (χ0v) is 16.9. The monoisotopic (exact) mass is 424 g/mol. The van der Waals surface area contributed by atoms with Gasteiger partial charge in [-0.1, -0.05) is 24.3 Å². The smallest absolute Gasteiger partial charge is 0.416 e. The Bertz CT molecular complexity index is 808. The van der Waals surface area contributed by atoms with E-state index in [-0.39, 0.29) is 6.61 Å². The zero-order valence-electron chi connectivity index (χ0n) is 16.9. The Hall–Kier alpha value is -2.29. The van der Waals surface area contributed by atoms with Gasteiger partial charge in [-0.25, -0.2) is 0 Å².